The summed E-state index contributed by atoms with van der Waals surface area (Å²) in [5.74, 6) is 1.83. The van der Waals surface area contributed by atoms with Gasteiger partial charge in [0.05, 0.1) is 11.7 Å². The Hall–Kier alpha value is -3.63. The fourth-order valence-electron chi connectivity index (χ4n) is 5.55. The van der Waals surface area contributed by atoms with Gasteiger partial charge in [0.25, 0.3) is 0 Å². The molecule has 3 atom stereocenters. The zero-order valence-electron chi connectivity index (χ0n) is 21.7. The normalized spacial score (nSPS) is 19.7. The lowest BCUT2D eigenvalue weighted by molar-refractivity contribution is 0.306. The summed E-state index contributed by atoms with van der Waals surface area (Å²) < 4.78 is 7.15. The van der Waals surface area contributed by atoms with Gasteiger partial charge in [0.15, 0.2) is 0 Å². The van der Waals surface area contributed by atoms with Crippen LogP contribution in [0.25, 0.3) is 0 Å². The molecule has 1 heterocycles. The second-order valence-electron chi connectivity index (χ2n) is 10.4. The smallest absolute Gasteiger partial charge is 0.128 e. The Balaban J connectivity index is 1.19. The van der Waals surface area contributed by atoms with E-state index >= 15 is 0 Å². The van der Waals surface area contributed by atoms with E-state index in [2.05, 4.69) is 114 Å². The van der Waals surface area contributed by atoms with Crippen LogP contribution in [-0.4, -0.2) is 6.21 Å². The maximum Gasteiger partial charge on any atom is 0.128 e. The molecule has 0 bridgehead atoms. The van der Waals surface area contributed by atoms with Crippen molar-refractivity contribution in [3.8, 4) is 5.75 Å². The topological polar surface area (TPSA) is 33.6 Å². The highest BCUT2D eigenvalue weighted by Gasteiger charge is 2.37. The number of halogens is 1. The summed E-state index contributed by atoms with van der Waals surface area (Å²) in [7, 11) is 0. The molecule has 38 heavy (non-hydrogen) atoms. The van der Waals surface area contributed by atoms with E-state index in [1.165, 1.54) is 27.9 Å². The monoisotopic (exact) mass is 562 g/mol. The number of hydrogen-bond donors (Lipinski definition) is 1. The first-order valence-electron chi connectivity index (χ1n) is 13.2. The molecule has 0 unspecified atom stereocenters. The van der Waals surface area contributed by atoms with Crippen molar-refractivity contribution in [1.82, 2.24) is 0 Å². The Bertz CT molecular complexity index is 1510. The van der Waals surface area contributed by atoms with Crippen LogP contribution in [0.3, 0.4) is 0 Å². The molecule has 0 amide bonds. The highest BCUT2D eigenvalue weighted by Crippen LogP contribution is 2.50. The highest BCUT2D eigenvalue weighted by molar-refractivity contribution is 9.10. The van der Waals surface area contributed by atoms with Crippen LogP contribution in [0.4, 0.5) is 11.4 Å². The molecule has 0 saturated heterocycles. The Morgan fingerprint density at radius 2 is 1.71 bits per heavy atom. The van der Waals surface area contributed by atoms with E-state index in [0.717, 1.165) is 33.5 Å². The molecule has 0 spiro atoms. The third-order valence-corrected chi connectivity index (χ3v) is 8.10. The Labute approximate surface area is 233 Å². The molecular formula is C34H31BrN2O. The molecule has 4 aromatic rings. The van der Waals surface area contributed by atoms with Crippen molar-refractivity contribution < 1.29 is 4.74 Å². The second kappa shape index (κ2) is 10.6. The molecule has 1 aliphatic heterocycles. The largest absolute Gasteiger partial charge is 0.488 e. The van der Waals surface area contributed by atoms with Crippen LogP contribution in [0.5, 0.6) is 5.75 Å². The molecule has 190 valence electrons. The van der Waals surface area contributed by atoms with Crippen LogP contribution in [0.15, 0.2) is 107 Å². The molecule has 6 rings (SSSR count). The van der Waals surface area contributed by atoms with Gasteiger partial charge in [-0.25, -0.2) is 0 Å². The van der Waals surface area contributed by atoms with E-state index < -0.39 is 0 Å². The molecule has 2 aliphatic rings. The number of rotatable bonds is 6. The summed E-state index contributed by atoms with van der Waals surface area (Å²) in [5, 5.41) is 3.83. The molecule has 0 radical (unpaired) electrons. The van der Waals surface area contributed by atoms with Gasteiger partial charge in [-0.1, -0.05) is 87.7 Å². The van der Waals surface area contributed by atoms with Crippen molar-refractivity contribution in [2.45, 2.75) is 38.8 Å². The number of aliphatic imine (C=N–C) groups is 1. The van der Waals surface area contributed by atoms with Gasteiger partial charge in [0, 0.05) is 27.9 Å². The van der Waals surface area contributed by atoms with Crippen molar-refractivity contribution in [2.24, 2.45) is 10.9 Å². The van der Waals surface area contributed by atoms with Crippen LogP contribution in [0.2, 0.25) is 0 Å². The third kappa shape index (κ3) is 5.19. The SMILES string of the molecule is Cc1ccc(COc2ccc(Br)cc2C=Nc2ccc([C@@H]3Nc4ccc(C)cc4[C@H]4C=CC[C@@H]43)cc2)cc1. The molecule has 0 fully saturated rings. The van der Waals surface area contributed by atoms with E-state index in [9.17, 15) is 0 Å². The van der Waals surface area contributed by atoms with E-state index in [1.807, 2.05) is 24.4 Å². The van der Waals surface area contributed by atoms with Crippen LogP contribution < -0.4 is 10.1 Å². The first kappa shape index (κ1) is 24.7. The summed E-state index contributed by atoms with van der Waals surface area (Å²) in [6.07, 6.45) is 7.73. The average molecular weight is 564 g/mol. The molecule has 4 aromatic carbocycles. The first-order chi connectivity index (χ1) is 18.5. The maximum absolute atomic E-state index is 6.15. The fraction of sp³-hybridized carbons (Fsp3) is 0.206. The van der Waals surface area contributed by atoms with Crippen LogP contribution >= 0.6 is 15.9 Å². The van der Waals surface area contributed by atoms with Gasteiger partial charge in [-0.3, -0.25) is 4.99 Å². The summed E-state index contributed by atoms with van der Waals surface area (Å²) in [6, 6.07) is 30.2. The number of anilines is 1. The van der Waals surface area contributed by atoms with Crippen molar-refractivity contribution in [1.29, 1.82) is 0 Å². The van der Waals surface area contributed by atoms with Crippen LogP contribution in [0, 0.1) is 19.8 Å². The van der Waals surface area contributed by atoms with Gasteiger partial charge in [0.1, 0.15) is 12.4 Å². The number of aryl methyl sites for hydroxylation is 2. The van der Waals surface area contributed by atoms with Crippen LogP contribution in [0.1, 0.15) is 51.8 Å². The number of hydrogen-bond acceptors (Lipinski definition) is 3. The molecule has 1 aliphatic carbocycles. The summed E-state index contributed by atoms with van der Waals surface area (Å²) >= 11 is 3.59. The standard InChI is InChI=1S/C34H31BrN2O/c1-22-6-9-24(10-7-22)21-38-33-17-13-27(35)19-26(33)20-36-28-14-11-25(12-15-28)34-30-5-3-4-29(30)31-18-23(2)8-16-32(31)37-34/h3-4,6-20,29-30,34,37H,5,21H2,1-2H3/t29-,30-,34-/m0/s1. The molecule has 0 saturated carbocycles. The predicted molar refractivity (Wildman–Crippen MR) is 161 cm³/mol. The quantitative estimate of drug-likeness (QED) is 0.187. The molecule has 3 nitrogen and oxygen atoms in total. The highest BCUT2D eigenvalue weighted by atomic mass is 79.9. The van der Waals surface area contributed by atoms with Gasteiger partial charge in [0.2, 0.25) is 0 Å². The van der Waals surface area contributed by atoms with E-state index in [1.54, 1.807) is 0 Å². The van der Waals surface area contributed by atoms with Gasteiger partial charge in [-0.15, -0.1) is 0 Å². The summed E-state index contributed by atoms with van der Waals surface area (Å²) in [4.78, 5) is 4.78. The summed E-state index contributed by atoms with van der Waals surface area (Å²) in [6.45, 7) is 4.78. The molecule has 0 aromatic heterocycles. The van der Waals surface area contributed by atoms with E-state index in [0.29, 0.717) is 18.4 Å². The lowest BCUT2D eigenvalue weighted by Crippen LogP contribution is -2.29. The predicted octanol–water partition coefficient (Wildman–Crippen LogP) is 9.22. The van der Waals surface area contributed by atoms with Crippen molar-refractivity contribution in [2.75, 3.05) is 5.32 Å². The van der Waals surface area contributed by atoms with Crippen molar-refractivity contribution >= 4 is 33.5 Å². The van der Waals surface area contributed by atoms with Crippen molar-refractivity contribution in [3.05, 3.63) is 135 Å². The lowest BCUT2D eigenvalue weighted by atomic mass is 9.76. The number of benzene rings is 4. The van der Waals surface area contributed by atoms with Crippen molar-refractivity contribution in [3.63, 3.8) is 0 Å². The van der Waals surface area contributed by atoms with Gasteiger partial charge in [-0.05, 0) is 79.3 Å². The Morgan fingerprint density at radius 3 is 2.53 bits per heavy atom. The zero-order chi connectivity index (χ0) is 26.1. The maximum atomic E-state index is 6.15. The van der Waals surface area contributed by atoms with E-state index in [4.69, 9.17) is 9.73 Å². The number of fused-ring (bicyclic) bond motifs is 3. The third-order valence-electron chi connectivity index (χ3n) is 7.61. The number of nitrogens with zero attached hydrogens (tertiary/aromatic N) is 1. The Morgan fingerprint density at radius 1 is 0.921 bits per heavy atom. The minimum Gasteiger partial charge on any atom is -0.488 e. The second-order valence-corrected chi connectivity index (χ2v) is 11.3. The molecule has 4 heteroatoms. The van der Waals surface area contributed by atoms with Gasteiger partial charge in [-0.2, -0.15) is 0 Å². The number of ether oxygens (including phenoxy) is 1. The Kier molecular flexibility index (Phi) is 6.90. The number of allylic oxidation sites excluding steroid dienone is 2. The lowest BCUT2D eigenvalue weighted by Gasteiger charge is -2.37. The fourth-order valence-corrected chi connectivity index (χ4v) is 5.93. The van der Waals surface area contributed by atoms with Gasteiger partial charge >= 0.3 is 0 Å². The van der Waals surface area contributed by atoms with Crippen LogP contribution in [-0.2, 0) is 6.61 Å². The minimum atomic E-state index is 0.287. The summed E-state index contributed by atoms with van der Waals surface area (Å²) in [5.41, 5.74) is 9.56. The number of nitrogens with one attached hydrogen (secondary N) is 1. The van der Waals surface area contributed by atoms with Gasteiger partial charge < -0.3 is 10.1 Å². The molecule has 1 N–H and O–H groups in total. The minimum absolute atomic E-state index is 0.287. The average Bonchev–Trinajstić information content (AvgIpc) is 3.43. The van der Waals surface area contributed by atoms with E-state index in [-0.39, 0.29) is 6.04 Å². The molecular weight excluding hydrogens is 532 g/mol. The first-order valence-corrected chi connectivity index (χ1v) is 14.0. The zero-order valence-corrected chi connectivity index (χ0v) is 23.3.